The highest BCUT2D eigenvalue weighted by Gasteiger charge is 2.36. The molecule has 2 saturated carbocycles. The van der Waals surface area contributed by atoms with Crippen LogP contribution in [0.5, 0.6) is 0 Å². The van der Waals surface area contributed by atoms with Gasteiger partial charge in [0.25, 0.3) is 5.91 Å². The summed E-state index contributed by atoms with van der Waals surface area (Å²) in [6.07, 6.45) is 4.46. The molecule has 7 nitrogen and oxygen atoms in total. The predicted molar refractivity (Wildman–Crippen MR) is 89.4 cm³/mol. The minimum Gasteiger partial charge on any atom is -0.465 e. The lowest BCUT2D eigenvalue weighted by atomic mass is 10.1. The van der Waals surface area contributed by atoms with Gasteiger partial charge < -0.3 is 8.83 Å². The van der Waals surface area contributed by atoms with E-state index in [9.17, 15) is 4.79 Å². The highest BCUT2D eigenvalue weighted by atomic mass is 16.3. The Bertz CT molecular complexity index is 943. The number of H-pyrrole nitrogens is 1. The zero-order valence-corrected chi connectivity index (χ0v) is 13.8. The van der Waals surface area contributed by atoms with E-state index in [4.69, 9.17) is 8.83 Å². The number of aromatic amines is 1. The molecule has 2 aliphatic carbocycles. The lowest BCUT2D eigenvalue weighted by Gasteiger charge is -2.00. The second kappa shape index (κ2) is 5.34. The highest BCUT2D eigenvalue weighted by Crippen LogP contribution is 2.47. The topological polar surface area (TPSA) is 97.0 Å². The quantitative estimate of drug-likeness (QED) is 0.733. The molecule has 2 N–H and O–H groups in total. The summed E-state index contributed by atoms with van der Waals surface area (Å²) in [6.45, 7) is 1.86. The molecular formula is C18H18N4O3. The van der Waals surface area contributed by atoms with Crippen molar-refractivity contribution in [3.63, 3.8) is 0 Å². The van der Waals surface area contributed by atoms with Crippen LogP contribution >= 0.6 is 0 Å². The number of amides is 1. The Morgan fingerprint density at radius 2 is 2.00 bits per heavy atom. The molecule has 5 rings (SSSR count). The summed E-state index contributed by atoms with van der Waals surface area (Å²) in [7, 11) is 0. The summed E-state index contributed by atoms with van der Waals surface area (Å²) in [5.41, 5.74) is 0.615. The number of hydrogen-bond donors (Lipinski definition) is 2. The Hall–Kier alpha value is -2.83. The van der Waals surface area contributed by atoms with Crippen molar-refractivity contribution < 1.29 is 13.6 Å². The zero-order valence-electron chi connectivity index (χ0n) is 13.8. The van der Waals surface area contributed by atoms with E-state index in [1.165, 1.54) is 0 Å². The number of carbonyl (C=O) groups is 1. The molecule has 0 bridgehead atoms. The van der Waals surface area contributed by atoms with Gasteiger partial charge >= 0.3 is 0 Å². The SMILES string of the molecule is Cc1ccc(-c2nc(NC(=O)c3cc(C4CC4)oc3C3CC3)n[nH]2)o1. The maximum atomic E-state index is 12.7. The van der Waals surface area contributed by atoms with Gasteiger partial charge in [0.15, 0.2) is 11.6 Å². The van der Waals surface area contributed by atoms with Gasteiger partial charge in [-0.1, -0.05) is 0 Å². The number of aryl methyl sites for hydroxylation is 1. The van der Waals surface area contributed by atoms with Gasteiger partial charge in [-0.25, -0.2) is 0 Å². The summed E-state index contributed by atoms with van der Waals surface area (Å²) in [4.78, 5) is 17.0. The van der Waals surface area contributed by atoms with Gasteiger partial charge in [0.1, 0.15) is 17.3 Å². The fourth-order valence-corrected chi connectivity index (χ4v) is 2.98. The minimum absolute atomic E-state index is 0.223. The van der Waals surface area contributed by atoms with Crippen molar-refractivity contribution in [2.75, 3.05) is 5.32 Å². The van der Waals surface area contributed by atoms with Crippen molar-refractivity contribution in [2.45, 2.75) is 44.4 Å². The predicted octanol–water partition coefficient (Wildman–Crippen LogP) is 3.97. The van der Waals surface area contributed by atoms with Gasteiger partial charge in [-0.05, 0) is 50.8 Å². The van der Waals surface area contributed by atoms with Gasteiger partial charge in [0, 0.05) is 11.8 Å². The number of anilines is 1. The van der Waals surface area contributed by atoms with E-state index in [2.05, 4.69) is 20.5 Å². The number of nitrogens with zero attached hydrogens (tertiary/aromatic N) is 2. The number of furan rings is 2. The fourth-order valence-electron chi connectivity index (χ4n) is 2.98. The van der Waals surface area contributed by atoms with Crippen molar-refractivity contribution in [3.05, 3.63) is 41.0 Å². The molecule has 0 aromatic carbocycles. The van der Waals surface area contributed by atoms with Crippen LogP contribution in [0.25, 0.3) is 11.6 Å². The van der Waals surface area contributed by atoms with Crippen molar-refractivity contribution in [3.8, 4) is 11.6 Å². The Balaban J connectivity index is 1.37. The highest BCUT2D eigenvalue weighted by molar-refractivity contribution is 6.04. The lowest BCUT2D eigenvalue weighted by molar-refractivity contribution is 0.102. The lowest BCUT2D eigenvalue weighted by Crippen LogP contribution is -2.13. The summed E-state index contributed by atoms with van der Waals surface area (Å²) < 4.78 is 11.5. The number of carbonyl (C=O) groups excluding carboxylic acids is 1. The molecule has 0 radical (unpaired) electrons. The Labute approximate surface area is 143 Å². The second-order valence-electron chi connectivity index (χ2n) is 6.85. The van der Waals surface area contributed by atoms with Crippen LogP contribution < -0.4 is 5.32 Å². The van der Waals surface area contributed by atoms with Crippen LogP contribution in [0.15, 0.2) is 27.0 Å². The molecular weight excluding hydrogens is 320 g/mol. The van der Waals surface area contributed by atoms with E-state index in [0.717, 1.165) is 43.0 Å². The molecule has 7 heteroatoms. The average molecular weight is 338 g/mol. The van der Waals surface area contributed by atoms with E-state index < -0.39 is 0 Å². The minimum atomic E-state index is -0.223. The van der Waals surface area contributed by atoms with Crippen molar-refractivity contribution >= 4 is 11.9 Å². The fraction of sp³-hybridized carbons (Fsp3) is 0.389. The van der Waals surface area contributed by atoms with E-state index in [-0.39, 0.29) is 11.9 Å². The molecule has 3 aromatic rings. The van der Waals surface area contributed by atoms with Crippen LogP contribution in [0.4, 0.5) is 5.95 Å². The summed E-state index contributed by atoms with van der Waals surface area (Å²) in [5.74, 6) is 4.48. The van der Waals surface area contributed by atoms with Crippen LogP contribution in [0.2, 0.25) is 0 Å². The van der Waals surface area contributed by atoms with E-state index in [0.29, 0.717) is 29.0 Å². The first-order valence-corrected chi connectivity index (χ1v) is 8.61. The van der Waals surface area contributed by atoms with Gasteiger partial charge in [-0.3, -0.25) is 15.2 Å². The molecule has 3 heterocycles. The van der Waals surface area contributed by atoms with E-state index in [1.54, 1.807) is 0 Å². The Kier molecular flexibility index (Phi) is 3.10. The van der Waals surface area contributed by atoms with Crippen LogP contribution in [-0.4, -0.2) is 21.1 Å². The smallest absolute Gasteiger partial charge is 0.261 e. The third kappa shape index (κ3) is 2.75. The maximum Gasteiger partial charge on any atom is 0.261 e. The molecule has 0 saturated heterocycles. The van der Waals surface area contributed by atoms with Crippen molar-refractivity contribution in [1.29, 1.82) is 0 Å². The molecule has 0 spiro atoms. The summed E-state index contributed by atoms with van der Waals surface area (Å²) in [5, 5.41) is 9.59. The number of aromatic nitrogens is 3. The molecule has 2 aliphatic rings. The monoisotopic (exact) mass is 338 g/mol. The van der Waals surface area contributed by atoms with Gasteiger partial charge in [-0.15, -0.1) is 5.10 Å². The van der Waals surface area contributed by atoms with Crippen LogP contribution in [0.1, 0.15) is 65.2 Å². The zero-order chi connectivity index (χ0) is 17.0. The van der Waals surface area contributed by atoms with E-state index >= 15 is 0 Å². The number of nitrogens with one attached hydrogen (secondary N) is 2. The van der Waals surface area contributed by atoms with Crippen LogP contribution in [0.3, 0.4) is 0 Å². The Morgan fingerprint density at radius 1 is 1.20 bits per heavy atom. The average Bonchev–Trinajstić information content (AvgIpc) is 3.50. The summed E-state index contributed by atoms with van der Waals surface area (Å²) >= 11 is 0. The largest absolute Gasteiger partial charge is 0.465 e. The molecule has 3 aromatic heterocycles. The summed E-state index contributed by atoms with van der Waals surface area (Å²) in [6, 6.07) is 5.55. The second-order valence-corrected chi connectivity index (χ2v) is 6.85. The molecule has 1 amide bonds. The van der Waals surface area contributed by atoms with E-state index in [1.807, 2.05) is 25.1 Å². The normalized spacial score (nSPS) is 17.0. The van der Waals surface area contributed by atoms with Crippen molar-refractivity contribution in [2.24, 2.45) is 0 Å². The third-order valence-electron chi connectivity index (χ3n) is 4.64. The first-order chi connectivity index (χ1) is 12.2. The van der Waals surface area contributed by atoms with Gasteiger partial charge in [0.05, 0.1) is 5.56 Å². The Morgan fingerprint density at radius 3 is 2.68 bits per heavy atom. The third-order valence-corrected chi connectivity index (χ3v) is 4.64. The standard InChI is InChI=1S/C18H18N4O3/c1-9-2-7-13(24-9)16-19-18(22-21-16)20-17(23)12-8-14(10-3-4-10)25-15(12)11-5-6-11/h2,7-8,10-11H,3-6H2,1H3,(H2,19,20,21,22,23). The number of hydrogen-bond acceptors (Lipinski definition) is 5. The molecule has 25 heavy (non-hydrogen) atoms. The molecule has 0 aliphatic heterocycles. The van der Waals surface area contributed by atoms with Crippen LogP contribution in [-0.2, 0) is 0 Å². The maximum absolute atomic E-state index is 12.7. The number of rotatable bonds is 5. The van der Waals surface area contributed by atoms with Gasteiger partial charge in [0.2, 0.25) is 5.95 Å². The van der Waals surface area contributed by atoms with Crippen molar-refractivity contribution in [1.82, 2.24) is 15.2 Å². The molecule has 2 fully saturated rings. The first-order valence-electron chi connectivity index (χ1n) is 8.61. The molecule has 128 valence electrons. The van der Waals surface area contributed by atoms with Gasteiger partial charge in [-0.2, -0.15) is 4.98 Å². The first kappa shape index (κ1) is 14.5. The molecule has 0 unspecified atom stereocenters. The molecule has 0 atom stereocenters. The van der Waals surface area contributed by atoms with Crippen LogP contribution in [0, 0.1) is 6.92 Å².